The van der Waals surface area contributed by atoms with E-state index in [1.165, 1.54) is 4.88 Å². The maximum atomic E-state index is 6.09. The van der Waals surface area contributed by atoms with Gasteiger partial charge in [-0.1, -0.05) is 18.2 Å². The Labute approximate surface area is 183 Å². The molecule has 0 unspecified atom stereocenters. The second-order valence-electron chi connectivity index (χ2n) is 6.54. The van der Waals surface area contributed by atoms with Gasteiger partial charge in [0, 0.05) is 37.4 Å². The summed E-state index contributed by atoms with van der Waals surface area (Å²) in [4.78, 5) is 13.0. The molecule has 148 valence electrons. The summed E-state index contributed by atoms with van der Waals surface area (Å²) in [6.07, 6.45) is 2.30. The highest BCUT2D eigenvalue weighted by Crippen LogP contribution is 2.20. The van der Waals surface area contributed by atoms with Gasteiger partial charge in [0.25, 0.3) is 0 Å². The van der Waals surface area contributed by atoms with E-state index in [1.54, 1.807) is 11.3 Å². The zero-order valence-corrected chi connectivity index (χ0v) is 19.4. The van der Waals surface area contributed by atoms with E-state index < -0.39 is 0 Å². The molecule has 7 heteroatoms. The van der Waals surface area contributed by atoms with Crippen LogP contribution in [-0.4, -0.2) is 41.6 Å². The van der Waals surface area contributed by atoms with E-state index >= 15 is 0 Å². The molecule has 3 rings (SSSR count). The number of ether oxygens (including phenoxy) is 1. The normalized spacial score (nSPS) is 15.4. The van der Waals surface area contributed by atoms with Crippen LogP contribution in [0.2, 0.25) is 0 Å². The van der Waals surface area contributed by atoms with Crippen LogP contribution in [0.15, 0.2) is 35.3 Å². The number of hydrogen-bond acceptors (Lipinski definition) is 4. The lowest BCUT2D eigenvalue weighted by molar-refractivity contribution is 0.129. The highest BCUT2D eigenvalue weighted by atomic mass is 127. The van der Waals surface area contributed by atoms with Gasteiger partial charge in [0.15, 0.2) is 5.96 Å². The van der Waals surface area contributed by atoms with Gasteiger partial charge in [-0.25, -0.2) is 9.98 Å². The standard InChI is InChI=1S/C20H28N4OS.HI/c1-4-21-20(22-14-19-23-15(2)16(3)26-19)24-12-10-18(11-13-24)25-17-8-6-5-7-9-17;/h5-9,18H,4,10-14H2,1-3H3,(H,21,22);1H. The molecule has 1 aromatic carbocycles. The van der Waals surface area contributed by atoms with Crippen LogP contribution in [0.1, 0.15) is 35.3 Å². The fraction of sp³-hybridized carbons (Fsp3) is 0.500. The summed E-state index contributed by atoms with van der Waals surface area (Å²) in [5, 5.41) is 4.50. The first kappa shape index (κ1) is 21.9. The van der Waals surface area contributed by atoms with Crippen LogP contribution >= 0.6 is 35.3 Å². The summed E-state index contributed by atoms with van der Waals surface area (Å²) in [5.41, 5.74) is 1.11. The van der Waals surface area contributed by atoms with Crippen LogP contribution in [0, 0.1) is 13.8 Å². The third-order valence-corrected chi connectivity index (χ3v) is 5.62. The summed E-state index contributed by atoms with van der Waals surface area (Å²) in [6, 6.07) is 10.1. The lowest BCUT2D eigenvalue weighted by Crippen LogP contribution is -2.47. The predicted molar refractivity (Wildman–Crippen MR) is 123 cm³/mol. The molecule has 2 aromatic rings. The number of aryl methyl sites for hydroxylation is 2. The maximum Gasteiger partial charge on any atom is 0.194 e. The zero-order valence-electron chi connectivity index (χ0n) is 16.3. The van der Waals surface area contributed by atoms with E-state index in [1.807, 2.05) is 30.3 Å². The van der Waals surface area contributed by atoms with Gasteiger partial charge >= 0.3 is 0 Å². The number of benzene rings is 1. The van der Waals surface area contributed by atoms with Gasteiger partial charge in [-0.05, 0) is 32.9 Å². The minimum absolute atomic E-state index is 0. The molecular formula is C20H29IN4OS. The average Bonchev–Trinajstić information content (AvgIpc) is 2.98. The van der Waals surface area contributed by atoms with Crippen LogP contribution in [0.4, 0.5) is 0 Å². The minimum Gasteiger partial charge on any atom is -0.490 e. The first-order chi connectivity index (χ1) is 12.7. The molecule has 0 saturated carbocycles. The van der Waals surface area contributed by atoms with Crippen molar-refractivity contribution >= 4 is 41.3 Å². The van der Waals surface area contributed by atoms with Gasteiger partial charge in [-0.2, -0.15) is 0 Å². The molecular weight excluding hydrogens is 471 g/mol. The van der Waals surface area contributed by atoms with Gasteiger partial charge in [-0.15, -0.1) is 35.3 Å². The number of aliphatic imine (C=N–C) groups is 1. The lowest BCUT2D eigenvalue weighted by atomic mass is 10.1. The van der Waals surface area contributed by atoms with Crippen LogP contribution in [0.25, 0.3) is 0 Å². The van der Waals surface area contributed by atoms with Crippen molar-refractivity contribution in [3.05, 3.63) is 45.9 Å². The van der Waals surface area contributed by atoms with Crippen molar-refractivity contribution in [2.24, 2.45) is 4.99 Å². The topological polar surface area (TPSA) is 49.8 Å². The Morgan fingerprint density at radius 3 is 2.56 bits per heavy atom. The molecule has 2 heterocycles. The number of thiazole rings is 1. The van der Waals surface area contributed by atoms with Crippen molar-refractivity contribution in [3.8, 4) is 5.75 Å². The number of aromatic nitrogens is 1. The van der Waals surface area contributed by atoms with Crippen molar-refractivity contribution in [1.29, 1.82) is 0 Å². The van der Waals surface area contributed by atoms with Crippen LogP contribution < -0.4 is 10.1 Å². The van der Waals surface area contributed by atoms with Crippen molar-refractivity contribution in [2.45, 2.75) is 46.3 Å². The largest absolute Gasteiger partial charge is 0.490 e. The Morgan fingerprint density at radius 2 is 1.96 bits per heavy atom. The Hall–Kier alpha value is -1.35. The summed E-state index contributed by atoms with van der Waals surface area (Å²) in [6.45, 7) is 9.71. The molecule has 0 amide bonds. The smallest absolute Gasteiger partial charge is 0.194 e. The van der Waals surface area contributed by atoms with Crippen LogP contribution in [-0.2, 0) is 6.54 Å². The van der Waals surface area contributed by atoms with Gasteiger partial charge in [0.2, 0.25) is 0 Å². The second-order valence-corrected chi connectivity index (χ2v) is 7.82. The van der Waals surface area contributed by atoms with Crippen molar-refractivity contribution in [2.75, 3.05) is 19.6 Å². The van der Waals surface area contributed by atoms with Crippen molar-refractivity contribution < 1.29 is 4.74 Å². The van der Waals surface area contributed by atoms with E-state index in [4.69, 9.17) is 9.73 Å². The molecule has 1 N–H and O–H groups in total. The molecule has 1 aliphatic heterocycles. The third-order valence-electron chi connectivity index (χ3n) is 4.56. The third kappa shape index (κ3) is 6.34. The van der Waals surface area contributed by atoms with E-state index in [0.717, 1.165) is 54.9 Å². The molecule has 27 heavy (non-hydrogen) atoms. The number of nitrogens with one attached hydrogen (secondary N) is 1. The average molecular weight is 500 g/mol. The molecule has 0 radical (unpaired) electrons. The molecule has 0 spiro atoms. The van der Waals surface area contributed by atoms with Gasteiger partial charge < -0.3 is 15.0 Å². The molecule has 0 atom stereocenters. The number of guanidine groups is 1. The number of para-hydroxylation sites is 1. The van der Waals surface area contributed by atoms with Gasteiger partial charge in [-0.3, -0.25) is 0 Å². The fourth-order valence-electron chi connectivity index (χ4n) is 3.05. The molecule has 1 saturated heterocycles. The first-order valence-electron chi connectivity index (χ1n) is 9.33. The summed E-state index contributed by atoms with van der Waals surface area (Å²) < 4.78 is 6.09. The first-order valence-corrected chi connectivity index (χ1v) is 10.1. The highest BCUT2D eigenvalue weighted by molar-refractivity contribution is 14.0. The Bertz CT molecular complexity index is 707. The zero-order chi connectivity index (χ0) is 18.4. The number of piperidine rings is 1. The Balaban J connectivity index is 0.00000261. The summed E-state index contributed by atoms with van der Waals surface area (Å²) in [7, 11) is 0. The van der Waals surface area contributed by atoms with Crippen LogP contribution in [0.5, 0.6) is 5.75 Å². The molecule has 1 aliphatic rings. The Kier molecular flexibility index (Phi) is 8.82. The van der Waals surface area contributed by atoms with Crippen molar-refractivity contribution in [3.63, 3.8) is 0 Å². The molecule has 1 aromatic heterocycles. The van der Waals surface area contributed by atoms with Crippen molar-refractivity contribution in [1.82, 2.24) is 15.2 Å². The summed E-state index contributed by atoms with van der Waals surface area (Å²) >= 11 is 1.74. The molecule has 1 fully saturated rings. The van der Waals surface area contributed by atoms with E-state index in [0.29, 0.717) is 6.54 Å². The van der Waals surface area contributed by atoms with Crippen LogP contribution in [0.3, 0.4) is 0 Å². The SMILES string of the molecule is CCNC(=NCc1nc(C)c(C)s1)N1CCC(Oc2ccccc2)CC1.I. The quantitative estimate of drug-likeness (QED) is 0.376. The lowest BCUT2D eigenvalue weighted by Gasteiger charge is -2.34. The minimum atomic E-state index is 0. The second kappa shape index (κ2) is 10.8. The molecule has 5 nitrogen and oxygen atoms in total. The number of rotatable bonds is 5. The molecule has 0 bridgehead atoms. The number of nitrogens with zero attached hydrogens (tertiary/aromatic N) is 3. The predicted octanol–water partition coefficient (Wildman–Crippen LogP) is 4.39. The summed E-state index contributed by atoms with van der Waals surface area (Å²) in [5.74, 6) is 1.94. The van der Waals surface area contributed by atoms with E-state index in [2.05, 4.69) is 36.0 Å². The number of likely N-dealkylation sites (tertiary alicyclic amines) is 1. The van der Waals surface area contributed by atoms with E-state index in [-0.39, 0.29) is 30.1 Å². The Morgan fingerprint density at radius 1 is 1.26 bits per heavy atom. The fourth-order valence-corrected chi connectivity index (χ4v) is 3.91. The van der Waals surface area contributed by atoms with Gasteiger partial charge in [0.05, 0.1) is 12.2 Å². The maximum absolute atomic E-state index is 6.09. The number of hydrogen-bond donors (Lipinski definition) is 1. The monoisotopic (exact) mass is 500 g/mol. The number of halogens is 1. The highest BCUT2D eigenvalue weighted by Gasteiger charge is 2.22. The molecule has 0 aliphatic carbocycles. The van der Waals surface area contributed by atoms with Gasteiger partial charge in [0.1, 0.15) is 16.9 Å². The van der Waals surface area contributed by atoms with E-state index in [9.17, 15) is 0 Å².